The van der Waals surface area contributed by atoms with Crippen LogP contribution < -0.4 is 10.6 Å². The van der Waals surface area contributed by atoms with Gasteiger partial charge in [0.15, 0.2) is 5.96 Å². The fourth-order valence-electron chi connectivity index (χ4n) is 2.01. The molecule has 4 nitrogen and oxygen atoms in total. The number of nitrogens with one attached hydrogen (secondary N) is 2. The van der Waals surface area contributed by atoms with E-state index in [-0.39, 0.29) is 24.0 Å². The molecule has 1 aromatic carbocycles. The first-order valence-electron chi connectivity index (χ1n) is 7.58. The predicted molar refractivity (Wildman–Crippen MR) is 103 cm³/mol. The summed E-state index contributed by atoms with van der Waals surface area (Å²) < 4.78 is 37.4. The third-order valence-corrected chi connectivity index (χ3v) is 3.29. The Hall–Kier alpha value is -1.03. The predicted octanol–water partition coefficient (Wildman–Crippen LogP) is 2.98. The third-order valence-electron chi connectivity index (χ3n) is 3.29. The van der Waals surface area contributed by atoms with Crippen LogP contribution in [0.2, 0.25) is 0 Å². The minimum absolute atomic E-state index is 0. The fourth-order valence-corrected chi connectivity index (χ4v) is 2.01. The van der Waals surface area contributed by atoms with Gasteiger partial charge in [-0.3, -0.25) is 4.99 Å². The van der Waals surface area contributed by atoms with E-state index >= 15 is 0 Å². The van der Waals surface area contributed by atoms with Gasteiger partial charge >= 0.3 is 6.18 Å². The molecular formula is C16H26F3IN4. The number of alkyl halides is 3. The smallest absolute Gasteiger partial charge is 0.356 e. The normalized spacial score (nSPS) is 12.0. The number of rotatable bonds is 7. The van der Waals surface area contributed by atoms with Crippen LogP contribution in [0.1, 0.15) is 17.5 Å². The number of nitrogens with zero attached hydrogens (tertiary/aromatic N) is 2. The summed E-state index contributed by atoms with van der Waals surface area (Å²) in [5.74, 6) is 0.704. The van der Waals surface area contributed by atoms with Gasteiger partial charge in [0.25, 0.3) is 0 Å². The molecule has 0 heterocycles. The van der Waals surface area contributed by atoms with Gasteiger partial charge in [0.1, 0.15) is 0 Å². The molecule has 8 heteroatoms. The molecule has 0 spiro atoms. The van der Waals surface area contributed by atoms with E-state index < -0.39 is 11.7 Å². The van der Waals surface area contributed by atoms with Crippen LogP contribution in [0.25, 0.3) is 0 Å². The number of hydrogen-bond donors (Lipinski definition) is 2. The molecule has 1 aromatic rings. The molecule has 0 saturated heterocycles. The standard InChI is InChI=1S/C16H25F3N4.HI/c1-20-15(21-10-4-12-23(2)3)22-11-9-13-5-7-14(8-6-13)16(17,18)19;/h5-8H,4,9-12H2,1-3H3,(H2,20,21,22);1H. The molecule has 0 unspecified atom stereocenters. The molecule has 1 rings (SSSR count). The van der Waals surface area contributed by atoms with Gasteiger partial charge in [0.2, 0.25) is 0 Å². The van der Waals surface area contributed by atoms with Crippen LogP contribution in [-0.2, 0) is 12.6 Å². The Morgan fingerprint density at radius 1 is 1.08 bits per heavy atom. The lowest BCUT2D eigenvalue weighted by atomic mass is 10.1. The van der Waals surface area contributed by atoms with Crippen molar-refractivity contribution in [2.45, 2.75) is 19.0 Å². The minimum Gasteiger partial charge on any atom is -0.356 e. The Kier molecular flexibility index (Phi) is 11.0. The number of benzene rings is 1. The molecule has 0 aliphatic rings. The second-order valence-electron chi connectivity index (χ2n) is 5.53. The summed E-state index contributed by atoms with van der Waals surface area (Å²) in [6, 6.07) is 5.25. The summed E-state index contributed by atoms with van der Waals surface area (Å²) in [6.45, 7) is 2.42. The molecule has 0 bridgehead atoms. The average Bonchev–Trinajstić information content (AvgIpc) is 2.49. The number of hydrogen-bond acceptors (Lipinski definition) is 2. The molecule has 0 amide bonds. The van der Waals surface area contributed by atoms with Gasteiger partial charge in [-0.2, -0.15) is 13.2 Å². The van der Waals surface area contributed by atoms with Crippen molar-refractivity contribution < 1.29 is 13.2 Å². The first kappa shape index (κ1) is 23.0. The molecular weight excluding hydrogens is 432 g/mol. The van der Waals surface area contributed by atoms with Crippen LogP contribution in [0.4, 0.5) is 13.2 Å². The number of halogens is 4. The van der Waals surface area contributed by atoms with Crippen molar-refractivity contribution in [3.63, 3.8) is 0 Å². The quantitative estimate of drug-likeness (QED) is 0.286. The van der Waals surface area contributed by atoms with E-state index in [0.717, 1.165) is 37.2 Å². The van der Waals surface area contributed by atoms with Crippen molar-refractivity contribution in [3.05, 3.63) is 35.4 Å². The van der Waals surface area contributed by atoms with Crippen LogP contribution in [-0.4, -0.2) is 51.6 Å². The molecule has 24 heavy (non-hydrogen) atoms. The lowest BCUT2D eigenvalue weighted by molar-refractivity contribution is -0.137. The van der Waals surface area contributed by atoms with Gasteiger partial charge in [-0.25, -0.2) is 0 Å². The van der Waals surface area contributed by atoms with Gasteiger partial charge in [-0.1, -0.05) is 12.1 Å². The molecule has 0 aromatic heterocycles. The molecule has 138 valence electrons. The zero-order chi connectivity index (χ0) is 17.3. The van der Waals surface area contributed by atoms with Crippen molar-refractivity contribution in [1.82, 2.24) is 15.5 Å². The third kappa shape index (κ3) is 9.31. The van der Waals surface area contributed by atoms with E-state index in [1.54, 1.807) is 7.05 Å². The fraction of sp³-hybridized carbons (Fsp3) is 0.562. The summed E-state index contributed by atoms with van der Waals surface area (Å²) >= 11 is 0. The molecule has 0 fully saturated rings. The Bertz CT molecular complexity index is 487. The van der Waals surface area contributed by atoms with Crippen LogP contribution in [0.3, 0.4) is 0 Å². The van der Waals surface area contributed by atoms with E-state index in [4.69, 9.17) is 0 Å². The second kappa shape index (κ2) is 11.5. The second-order valence-corrected chi connectivity index (χ2v) is 5.53. The monoisotopic (exact) mass is 458 g/mol. The van der Waals surface area contributed by atoms with Crippen LogP contribution in [0.15, 0.2) is 29.3 Å². The van der Waals surface area contributed by atoms with Crippen LogP contribution in [0, 0.1) is 0 Å². The van der Waals surface area contributed by atoms with E-state index in [9.17, 15) is 13.2 Å². The molecule has 0 radical (unpaired) electrons. The van der Waals surface area contributed by atoms with Crippen molar-refractivity contribution in [2.75, 3.05) is 40.8 Å². The van der Waals surface area contributed by atoms with E-state index in [1.807, 2.05) is 14.1 Å². The zero-order valence-electron chi connectivity index (χ0n) is 14.3. The van der Waals surface area contributed by atoms with Crippen molar-refractivity contribution in [2.24, 2.45) is 4.99 Å². The Labute approximate surface area is 158 Å². The summed E-state index contributed by atoms with van der Waals surface area (Å²) in [4.78, 5) is 6.23. The first-order valence-corrected chi connectivity index (χ1v) is 7.58. The van der Waals surface area contributed by atoms with Crippen LogP contribution >= 0.6 is 24.0 Å². The molecule has 0 aliphatic heterocycles. The van der Waals surface area contributed by atoms with Gasteiger partial charge in [0, 0.05) is 20.1 Å². The first-order chi connectivity index (χ1) is 10.8. The number of aliphatic imine (C=N–C) groups is 1. The SMILES string of the molecule is CN=C(NCCCN(C)C)NCCc1ccc(C(F)(F)F)cc1.I. The lowest BCUT2D eigenvalue weighted by Gasteiger charge is -2.13. The van der Waals surface area contributed by atoms with E-state index in [1.165, 1.54) is 12.1 Å². The summed E-state index contributed by atoms with van der Waals surface area (Å²) in [6.07, 6.45) is -2.64. The van der Waals surface area contributed by atoms with Gasteiger partial charge in [0.05, 0.1) is 5.56 Å². The van der Waals surface area contributed by atoms with Crippen molar-refractivity contribution in [1.29, 1.82) is 0 Å². The Balaban J connectivity index is 0.00000529. The zero-order valence-corrected chi connectivity index (χ0v) is 16.6. The molecule has 0 aliphatic carbocycles. The Morgan fingerprint density at radius 2 is 1.67 bits per heavy atom. The highest BCUT2D eigenvalue weighted by Gasteiger charge is 2.29. The van der Waals surface area contributed by atoms with Crippen molar-refractivity contribution >= 4 is 29.9 Å². The minimum atomic E-state index is -4.28. The molecule has 2 N–H and O–H groups in total. The highest BCUT2D eigenvalue weighted by molar-refractivity contribution is 14.0. The summed E-state index contributed by atoms with van der Waals surface area (Å²) in [7, 11) is 5.74. The Morgan fingerprint density at radius 3 is 2.17 bits per heavy atom. The highest BCUT2D eigenvalue weighted by atomic mass is 127. The van der Waals surface area contributed by atoms with E-state index in [0.29, 0.717) is 18.9 Å². The molecule has 0 atom stereocenters. The molecule has 0 saturated carbocycles. The topological polar surface area (TPSA) is 39.7 Å². The maximum Gasteiger partial charge on any atom is 0.416 e. The van der Waals surface area contributed by atoms with Crippen LogP contribution in [0.5, 0.6) is 0 Å². The lowest BCUT2D eigenvalue weighted by Crippen LogP contribution is -2.39. The maximum absolute atomic E-state index is 12.5. The largest absolute Gasteiger partial charge is 0.416 e. The average molecular weight is 458 g/mol. The maximum atomic E-state index is 12.5. The van der Waals surface area contributed by atoms with Gasteiger partial charge in [-0.05, 0) is 51.2 Å². The number of guanidine groups is 1. The van der Waals surface area contributed by atoms with E-state index in [2.05, 4.69) is 20.5 Å². The van der Waals surface area contributed by atoms with Gasteiger partial charge in [-0.15, -0.1) is 24.0 Å². The summed E-state index contributed by atoms with van der Waals surface area (Å²) in [5.41, 5.74) is 0.237. The highest BCUT2D eigenvalue weighted by Crippen LogP contribution is 2.29. The summed E-state index contributed by atoms with van der Waals surface area (Å²) in [5, 5.41) is 6.36. The van der Waals surface area contributed by atoms with Gasteiger partial charge < -0.3 is 15.5 Å². The van der Waals surface area contributed by atoms with Crippen molar-refractivity contribution in [3.8, 4) is 0 Å².